The molecule has 2 fully saturated rings. The minimum absolute atomic E-state index is 0.113. The Labute approximate surface area is 235 Å². The lowest BCUT2D eigenvalue weighted by Crippen LogP contribution is -2.58. The highest BCUT2D eigenvalue weighted by atomic mass is 35.5. The van der Waals surface area contributed by atoms with Gasteiger partial charge in [0.1, 0.15) is 11.6 Å². The number of rotatable bonds is 7. The molecule has 10 heteroatoms. The Morgan fingerprint density at radius 2 is 1.95 bits per heavy atom. The lowest BCUT2D eigenvalue weighted by molar-refractivity contribution is 0.0491. The van der Waals surface area contributed by atoms with E-state index in [9.17, 15) is 4.79 Å². The molecule has 2 saturated heterocycles. The number of aliphatic imine (C=N–C) groups is 1. The standard InChI is InChI=1S/C29H37ClN8O/c1-4-23-19-37(28-26(30)17-22(18-34-28)27-32-11-12-33-27)15-16-38(23)25-9-13-36(14-10-25)29(39)21-5-7-24(8-6-21)35(3)20-31-2/h5-8,11-12,17-18,20,23,25H,4,9-10,13-16,19H2,1-3H3,(H,32,33). The summed E-state index contributed by atoms with van der Waals surface area (Å²) in [6, 6.07) is 10.6. The normalized spacial score (nSPS) is 19.1. The highest BCUT2D eigenvalue weighted by Gasteiger charge is 2.35. The fourth-order valence-corrected chi connectivity index (χ4v) is 6.07. The van der Waals surface area contributed by atoms with Crippen LogP contribution >= 0.6 is 11.6 Å². The predicted molar refractivity (Wildman–Crippen MR) is 158 cm³/mol. The number of imidazole rings is 1. The molecule has 5 rings (SSSR count). The fourth-order valence-electron chi connectivity index (χ4n) is 5.78. The molecule has 0 saturated carbocycles. The third kappa shape index (κ3) is 5.94. The zero-order valence-corrected chi connectivity index (χ0v) is 23.7. The largest absolute Gasteiger partial charge is 0.353 e. The number of hydrogen-bond acceptors (Lipinski definition) is 6. The second kappa shape index (κ2) is 12.2. The van der Waals surface area contributed by atoms with Crippen molar-refractivity contribution in [2.45, 2.75) is 38.3 Å². The van der Waals surface area contributed by atoms with E-state index in [2.05, 4.69) is 31.7 Å². The molecule has 0 radical (unpaired) electrons. The molecular formula is C29H37ClN8O. The van der Waals surface area contributed by atoms with E-state index in [1.54, 1.807) is 25.8 Å². The number of benzene rings is 1. The number of halogens is 1. The van der Waals surface area contributed by atoms with Gasteiger partial charge in [0.15, 0.2) is 0 Å². The van der Waals surface area contributed by atoms with E-state index in [1.807, 2.05) is 53.4 Å². The molecule has 3 aromatic rings. The summed E-state index contributed by atoms with van der Waals surface area (Å²) in [5.74, 6) is 1.72. The average molecular weight is 549 g/mol. The van der Waals surface area contributed by atoms with E-state index in [1.165, 1.54) is 0 Å². The third-order valence-electron chi connectivity index (χ3n) is 7.92. The van der Waals surface area contributed by atoms with Gasteiger partial charge in [0.05, 0.1) is 11.4 Å². The van der Waals surface area contributed by atoms with Crippen LogP contribution in [0, 0.1) is 0 Å². The molecule has 206 valence electrons. The number of aromatic amines is 1. The Morgan fingerprint density at radius 3 is 2.59 bits per heavy atom. The molecule has 1 amide bonds. The first kappa shape index (κ1) is 27.1. The maximum absolute atomic E-state index is 13.2. The summed E-state index contributed by atoms with van der Waals surface area (Å²) in [6.45, 7) is 6.56. The van der Waals surface area contributed by atoms with Gasteiger partial charge in [-0.25, -0.2) is 9.97 Å². The van der Waals surface area contributed by atoms with Crippen molar-refractivity contribution >= 4 is 35.4 Å². The first-order valence-electron chi connectivity index (χ1n) is 13.7. The highest BCUT2D eigenvalue weighted by Crippen LogP contribution is 2.31. The highest BCUT2D eigenvalue weighted by molar-refractivity contribution is 6.33. The molecule has 0 aliphatic carbocycles. The van der Waals surface area contributed by atoms with Gasteiger partial charge < -0.3 is 19.7 Å². The minimum Gasteiger partial charge on any atom is -0.353 e. The van der Waals surface area contributed by atoms with E-state index in [-0.39, 0.29) is 5.91 Å². The van der Waals surface area contributed by atoms with Crippen LogP contribution in [0.3, 0.4) is 0 Å². The zero-order valence-electron chi connectivity index (χ0n) is 22.9. The van der Waals surface area contributed by atoms with Crippen molar-refractivity contribution in [3.05, 3.63) is 59.5 Å². The Morgan fingerprint density at radius 1 is 1.18 bits per heavy atom. The van der Waals surface area contributed by atoms with Gasteiger partial charge in [0.25, 0.3) is 5.91 Å². The number of hydrogen-bond donors (Lipinski definition) is 1. The van der Waals surface area contributed by atoms with E-state index in [0.29, 0.717) is 17.1 Å². The fraction of sp³-hybridized carbons (Fsp3) is 0.448. The van der Waals surface area contributed by atoms with Crippen LogP contribution in [-0.4, -0.2) is 95.9 Å². The number of carbonyl (C=O) groups is 1. The van der Waals surface area contributed by atoms with Gasteiger partial charge in [-0.15, -0.1) is 0 Å². The van der Waals surface area contributed by atoms with E-state index >= 15 is 0 Å². The maximum atomic E-state index is 13.2. The summed E-state index contributed by atoms with van der Waals surface area (Å²) < 4.78 is 0. The van der Waals surface area contributed by atoms with Crippen LogP contribution in [0.25, 0.3) is 11.4 Å². The lowest BCUT2D eigenvalue weighted by Gasteiger charge is -2.47. The summed E-state index contributed by atoms with van der Waals surface area (Å²) >= 11 is 6.68. The Hall–Kier alpha value is -3.43. The van der Waals surface area contributed by atoms with Gasteiger partial charge in [-0.3, -0.25) is 14.7 Å². The van der Waals surface area contributed by atoms with E-state index in [0.717, 1.165) is 80.4 Å². The number of carbonyl (C=O) groups excluding carboxylic acids is 1. The van der Waals surface area contributed by atoms with Crippen molar-refractivity contribution in [2.75, 3.05) is 56.6 Å². The number of piperidine rings is 1. The summed E-state index contributed by atoms with van der Waals surface area (Å²) in [6.07, 6.45) is 10.2. The first-order chi connectivity index (χ1) is 19.0. The van der Waals surface area contributed by atoms with Gasteiger partial charge in [0, 0.05) is 94.3 Å². The lowest BCUT2D eigenvalue weighted by atomic mass is 9.97. The van der Waals surface area contributed by atoms with Crippen molar-refractivity contribution in [3.8, 4) is 11.4 Å². The van der Waals surface area contributed by atoms with Gasteiger partial charge >= 0.3 is 0 Å². The number of nitrogens with zero attached hydrogens (tertiary/aromatic N) is 7. The minimum atomic E-state index is 0.113. The molecule has 39 heavy (non-hydrogen) atoms. The Kier molecular flexibility index (Phi) is 8.47. The van der Waals surface area contributed by atoms with Crippen LogP contribution in [0.5, 0.6) is 0 Å². The van der Waals surface area contributed by atoms with Gasteiger partial charge in [-0.2, -0.15) is 0 Å². The van der Waals surface area contributed by atoms with Crippen molar-refractivity contribution < 1.29 is 4.79 Å². The number of pyridine rings is 1. The monoisotopic (exact) mass is 548 g/mol. The van der Waals surface area contributed by atoms with Crippen LogP contribution in [0.2, 0.25) is 5.02 Å². The molecule has 2 aliphatic rings. The summed E-state index contributed by atoms with van der Waals surface area (Å²) in [5.41, 5.74) is 2.63. The predicted octanol–water partition coefficient (Wildman–Crippen LogP) is 4.42. The van der Waals surface area contributed by atoms with Crippen molar-refractivity contribution in [2.24, 2.45) is 4.99 Å². The van der Waals surface area contributed by atoms with Crippen LogP contribution < -0.4 is 9.80 Å². The number of nitrogens with one attached hydrogen (secondary N) is 1. The molecule has 4 heterocycles. The third-order valence-corrected chi connectivity index (χ3v) is 8.20. The van der Waals surface area contributed by atoms with Gasteiger partial charge in [0.2, 0.25) is 0 Å². The molecule has 1 unspecified atom stereocenters. The quantitative estimate of drug-likeness (QED) is 0.347. The summed E-state index contributed by atoms with van der Waals surface area (Å²) in [5, 5.41) is 0.650. The van der Waals surface area contributed by atoms with E-state index in [4.69, 9.17) is 16.6 Å². The van der Waals surface area contributed by atoms with Gasteiger partial charge in [-0.05, 0) is 49.6 Å². The number of aromatic nitrogens is 3. The molecule has 1 atom stereocenters. The van der Waals surface area contributed by atoms with Crippen molar-refractivity contribution in [1.29, 1.82) is 0 Å². The maximum Gasteiger partial charge on any atom is 0.253 e. The second-order valence-corrected chi connectivity index (χ2v) is 10.7. The molecule has 1 N–H and O–H groups in total. The average Bonchev–Trinajstić information content (AvgIpc) is 3.52. The molecular weight excluding hydrogens is 512 g/mol. The van der Waals surface area contributed by atoms with Crippen LogP contribution in [0.1, 0.15) is 36.5 Å². The zero-order chi connectivity index (χ0) is 27.4. The number of piperazine rings is 1. The molecule has 2 aliphatic heterocycles. The number of amides is 1. The SMILES string of the molecule is CCC1CN(c2ncc(-c3ncc[nH]3)cc2Cl)CCN1C1CCN(C(=O)c2ccc(N(C)C=NC)cc2)CC1. The van der Waals surface area contributed by atoms with E-state index < -0.39 is 0 Å². The molecule has 9 nitrogen and oxygen atoms in total. The van der Waals surface area contributed by atoms with Crippen molar-refractivity contribution in [3.63, 3.8) is 0 Å². The van der Waals surface area contributed by atoms with Crippen LogP contribution in [-0.2, 0) is 0 Å². The Balaban J connectivity index is 1.17. The number of likely N-dealkylation sites (tertiary alicyclic amines) is 1. The second-order valence-electron chi connectivity index (χ2n) is 10.3. The van der Waals surface area contributed by atoms with Crippen molar-refractivity contribution in [1.82, 2.24) is 24.8 Å². The molecule has 0 spiro atoms. The number of anilines is 2. The molecule has 1 aromatic carbocycles. The van der Waals surface area contributed by atoms with Crippen LogP contribution in [0.15, 0.2) is 53.9 Å². The molecule has 0 bridgehead atoms. The Bertz CT molecular complexity index is 1270. The summed E-state index contributed by atoms with van der Waals surface area (Å²) in [4.78, 5) is 38.2. The summed E-state index contributed by atoms with van der Waals surface area (Å²) in [7, 11) is 3.69. The number of H-pyrrole nitrogens is 1. The first-order valence-corrected chi connectivity index (χ1v) is 14.1. The smallest absolute Gasteiger partial charge is 0.253 e. The van der Waals surface area contributed by atoms with Gasteiger partial charge in [-0.1, -0.05) is 18.5 Å². The molecule has 2 aromatic heterocycles. The van der Waals surface area contributed by atoms with Crippen LogP contribution in [0.4, 0.5) is 11.5 Å². The topological polar surface area (TPSA) is 84.0 Å².